The normalized spacial score (nSPS) is 20.1. The molecule has 2 heterocycles. The third-order valence-electron chi connectivity index (χ3n) is 4.48. The number of hydrogen-bond donors (Lipinski definition) is 1. The molecule has 0 aliphatic carbocycles. The lowest BCUT2D eigenvalue weighted by molar-refractivity contribution is -0.141. The number of nitrogens with one attached hydrogen (secondary N) is 1. The van der Waals surface area contributed by atoms with E-state index in [0.717, 1.165) is 11.5 Å². The maximum atomic E-state index is 13.0. The molecule has 5 heteroatoms. The predicted octanol–water partition coefficient (Wildman–Crippen LogP) is 2.56. The molecular formula is C16H24N2O3. The first kappa shape index (κ1) is 15.6. The first-order valence-electron chi connectivity index (χ1n) is 7.62. The largest absolute Gasteiger partial charge is 0.464 e. The number of carbonyl (C=O) groups excluding carboxylic acids is 2. The molecule has 5 nitrogen and oxygen atoms in total. The first-order chi connectivity index (χ1) is 9.93. The summed E-state index contributed by atoms with van der Waals surface area (Å²) in [5.74, 6) is 1.51. The number of aryl methyl sites for hydroxylation is 1. The molecule has 1 aliphatic heterocycles. The lowest BCUT2D eigenvalue weighted by atomic mass is 9.90. The Kier molecular flexibility index (Phi) is 4.40. The monoisotopic (exact) mass is 292 g/mol. The van der Waals surface area contributed by atoms with Crippen molar-refractivity contribution in [3.05, 3.63) is 23.7 Å². The van der Waals surface area contributed by atoms with Crippen molar-refractivity contribution in [3.63, 3.8) is 0 Å². The van der Waals surface area contributed by atoms with Crippen LogP contribution < -0.4 is 5.32 Å². The standard InChI is InChI=1S/C16H24N2O3/c1-5-16(6-2)15(20)18(10-9-14(19)17-16)12(4)13-8-7-11(3)21-13/h7-8,12H,5-6,9-10H2,1-4H3,(H,17,19). The summed E-state index contributed by atoms with van der Waals surface area (Å²) in [7, 11) is 0. The molecule has 1 fully saturated rings. The lowest BCUT2D eigenvalue weighted by Gasteiger charge is -2.36. The van der Waals surface area contributed by atoms with E-state index in [9.17, 15) is 9.59 Å². The van der Waals surface area contributed by atoms with Gasteiger partial charge in [-0.05, 0) is 38.8 Å². The van der Waals surface area contributed by atoms with Crippen LogP contribution in [0.4, 0.5) is 0 Å². The third kappa shape index (κ3) is 2.82. The highest BCUT2D eigenvalue weighted by Crippen LogP contribution is 2.29. The Bertz CT molecular complexity index is 531. The Morgan fingerprint density at radius 2 is 2.00 bits per heavy atom. The minimum Gasteiger partial charge on any atom is -0.464 e. The molecule has 2 rings (SSSR count). The topological polar surface area (TPSA) is 62.6 Å². The summed E-state index contributed by atoms with van der Waals surface area (Å²) in [5.41, 5.74) is -0.788. The molecule has 1 aliphatic rings. The van der Waals surface area contributed by atoms with Crippen LogP contribution in [-0.2, 0) is 9.59 Å². The van der Waals surface area contributed by atoms with E-state index in [4.69, 9.17) is 4.42 Å². The number of hydrogen-bond acceptors (Lipinski definition) is 3. The van der Waals surface area contributed by atoms with Crippen molar-refractivity contribution < 1.29 is 14.0 Å². The van der Waals surface area contributed by atoms with E-state index in [1.807, 2.05) is 39.8 Å². The van der Waals surface area contributed by atoms with Crippen LogP contribution in [0.2, 0.25) is 0 Å². The number of amides is 2. The van der Waals surface area contributed by atoms with Gasteiger partial charge in [0.2, 0.25) is 11.8 Å². The van der Waals surface area contributed by atoms with Gasteiger partial charge in [-0.1, -0.05) is 13.8 Å². The van der Waals surface area contributed by atoms with Crippen LogP contribution in [0.1, 0.15) is 57.6 Å². The minimum atomic E-state index is -0.788. The molecule has 0 saturated carbocycles. The Morgan fingerprint density at radius 3 is 2.52 bits per heavy atom. The van der Waals surface area contributed by atoms with Crippen LogP contribution in [0, 0.1) is 6.92 Å². The van der Waals surface area contributed by atoms with E-state index in [1.54, 1.807) is 4.90 Å². The summed E-state index contributed by atoms with van der Waals surface area (Å²) in [6.45, 7) is 8.13. The zero-order chi connectivity index (χ0) is 15.6. The molecule has 1 aromatic heterocycles. The molecule has 1 atom stereocenters. The fraction of sp³-hybridized carbons (Fsp3) is 0.625. The van der Waals surface area contributed by atoms with Crippen molar-refractivity contribution in [3.8, 4) is 0 Å². The number of rotatable bonds is 4. The Hall–Kier alpha value is -1.78. The van der Waals surface area contributed by atoms with Crippen LogP contribution in [0.3, 0.4) is 0 Å². The molecule has 1 N–H and O–H groups in total. The van der Waals surface area contributed by atoms with Gasteiger partial charge in [-0.2, -0.15) is 0 Å². The molecule has 2 amide bonds. The fourth-order valence-corrected chi connectivity index (χ4v) is 2.91. The highest BCUT2D eigenvalue weighted by Gasteiger charge is 2.43. The van der Waals surface area contributed by atoms with E-state index in [-0.39, 0.29) is 17.9 Å². The maximum Gasteiger partial charge on any atom is 0.248 e. The van der Waals surface area contributed by atoms with Gasteiger partial charge in [0.25, 0.3) is 0 Å². The summed E-state index contributed by atoms with van der Waals surface area (Å²) in [6, 6.07) is 3.62. The highest BCUT2D eigenvalue weighted by atomic mass is 16.3. The van der Waals surface area contributed by atoms with Crippen LogP contribution >= 0.6 is 0 Å². The average Bonchev–Trinajstić information content (AvgIpc) is 2.85. The van der Waals surface area contributed by atoms with Gasteiger partial charge in [-0.3, -0.25) is 9.59 Å². The molecule has 1 unspecified atom stereocenters. The van der Waals surface area contributed by atoms with Crippen LogP contribution in [0.25, 0.3) is 0 Å². The van der Waals surface area contributed by atoms with Gasteiger partial charge in [-0.25, -0.2) is 0 Å². The number of carbonyl (C=O) groups is 2. The fourth-order valence-electron chi connectivity index (χ4n) is 2.91. The van der Waals surface area contributed by atoms with E-state index >= 15 is 0 Å². The highest BCUT2D eigenvalue weighted by molar-refractivity contribution is 5.93. The van der Waals surface area contributed by atoms with Gasteiger partial charge in [0.1, 0.15) is 17.1 Å². The van der Waals surface area contributed by atoms with Gasteiger partial charge in [0.05, 0.1) is 6.04 Å². The molecule has 1 aromatic rings. The molecule has 1 saturated heterocycles. The maximum absolute atomic E-state index is 13.0. The van der Waals surface area contributed by atoms with Crippen molar-refractivity contribution in [1.29, 1.82) is 0 Å². The summed E-state index contributed by atoms with van der Waals surface area (Å²) >= 11 is 0. The summed E-state index contributed by atoms with van der Waals surface area (Å²) in [5, 5.41) is 2.92. The molecular weight excluding hydrogens is 268 g/mol. The number of furan rings is 1. The molecule has 0 spiro atoms. The van der Waals surface area contributed by atoms with E-state index in [2.05, 4.69) is 5.32 Å². The SMILES string of the molecule is CCC1(CC)NC(=O)CCN(C(C)c2ccc(C)o2)C1=O. The smallest absolute Gasteiger partial charge is 0.248 e. The zero-order valence-electron chi connectivity index (χ0n) is 13.2. The second kappa shape index (κ2) is 5.92. The van der Waals surface area contributed by atoms with Crippen molar-refractivity contribution in [1.82, 2.24) is 10.2 Å². The van der Waals surface area contributed by atoms with Gasteiger partial charge in [-0.15, -0.1) is 0 Å². The zero-order valence-corrected chi connectivity index (χ0v) is 13.2. The Labute approximate surface area is 125 Å². The first-order valence-corrected chi connectivity index (χ1v) is 7.62. The second-order valence-corrected chi connectivity index (χ2v) is 5.71. The van der Waals surface area contributed by atoms with Crippen LogP contribution in [0.15, 0.2) is 16.5 Å². The van der Waals surface area contributed by atoms with Gasteiger partial charge in [0.15, 0.2) is 0 Å². The second-order valence-electron chi connectivity index (χ2n) is 5.71. The number of nitrogens with zero attached hydrogens (tertiary/aromatic N) is 1. The minimum absolute atomic E-state index is 0.0140. The van der Waals surface area contributed by atoms with Gasteiger partial charge in [0, 0.05) is 13.0 Å². The lowest BCUT2D eigenvalue weighted by Crippen LogP contribution is -2.56. The molecule has 116 valence electrons. The quantitative estimate of drug-likeness (QED) is 0.927. The molecule has 21 heavy (non-hydrogen) atoms. The van der Waals surface area contributed by atoms with E-state index in [0.29, 0.717) is 25.8 Å². The third-order valence-corrected chi connectivity index (χ3v) is 4.48. The van der Waals surface area contributed by atoms with Crippen molar-refractivity contribution >= 4 is 11.8 Å². The predicted molar refractivity (Wildman–Crippen MR) is 79.6 cm³/mol. The summed E-state index contributed by atoms with van der Waals surface area (Å²) in [4.78, 5) is 26.7. The van der Waals surface area contributed by atoms with Crippen LogP contribution in [-0.4, -0.2) is 28.8 Å². The van der Waals surface area contributed by atoms with Crippen molar-refractivity contribution in [2.75, 3.05) is 6.54 Å². The summed E-state index contributed by atoms with van der Waals surface area (Å²) < 4.78 is 5.65. The Morgan fingerprint density at radius 1 is 1.33 bits per heavy atom. The Balaban J connectivity index is 2.33. The molecule has 0 bridgehead atoms. The van der Waals surface area contributed by atoms with Crippen molar-refractivity contribution in [2.45, 2.75) is 58.5 Å². The van der Waals surface area contributed by atoms with Gasteiger partial charge < -0.3 is 14.6 Å². The van der Waals surface area contributed by atoms with Crippen LogP contribution in [0.5, 0.6) is 0 Å². The van der Waals surface area contributed by atoms with Gasteiger partial charge >= 0.3 is 0 Å². The van der Waals surface area contributed by atoms with E-state index < -0.39 is 5.54 Å². The average molecular weight is 292 g/mol. The molecule has 0 aromatic carbocycles. The van der Waals surface area contributed by atoms with Crippen molar-refractivity contribution in [2.24, 2.45) is 0 Å². The molecule has 0 radical (unpaired) electrons. The van der Waals surface area contributed by atoms with E-state index in [1.165, 1.54) is 0 Å². The summed E-state index contributed by atoms with van der Waals surface area (Å²) in [6.07, 6.45) is 1.51.